The molecule has 0 aliphatic heterocycles. The molecular formula is C17H26O2. The fourth-order valence-corrected chi connectivity index (χ4v) is 2.88. The zero-order chi connectivity index (χ0) is 13.9. The van der Waals surface area contributed by atoms with Crippen molar-refractivity contribution in [1.82, 2.24) is 0 Å². The Morgan fingerprint density at radius 3 is 2.26 bits per heavy atom. The highest BCUT2D eigenvalue weighted by Crippen LogP contribution is 2.41. The zero-order valence-electron chi connectivity index (χ0n) is 12.4. The van der Waals surface area contributed by atoms with Crippen LogP contribution in [0.5, 0.6) is 0 Å². The number of ether oxygens (including phenoxy) is 1. The molecule has 1 aromatic carbocycles. The minimum absolute atomic E-state index is 0.0734. The van der Waals surface area contributed by atoms with Crippen LogP contribution in [0.3, 0.4) is 0 Å². The van der Waals surface area contributed by atoms with Gasteiger partial charge in [0.1, 0.15) is 0 Å². The Kier molecular flexibility index (Phi) is 4.64. The van der Waals surface area contributed by atoms with Crippen LogP contribution in [0.1, 0.15) is 56.8 Å². The van der Waals surface area contributed by atoms with Crippen LogP contribution in [0.2, 0.25) is 0 Å². The van der Waals surface area contributed by atoms with E-state index in [9.17, 15) is 5.11 Å². The third-order valence-corrected chi connectivity index (χ3v) is 4.27. The Balaban J connectivity index is 1.97. The summed E-state index contributed by atoms with van der Waals surface area (Å²) < 4.78 is 5.58. The molecule has 1 unspecified atom stereocenters. The third-order valence-electron chi connectivity index (χ3n) is 4.27. The Hall–Kier alpha value is -0.860. The first-order chi connectivity index (χ1) is 9.04. The van der Waals surface area contributed by atoms with Gasteiger partial charge in [0, 0.05) is 13.5 Å². The molecule has 0 aromatic heterocycles. The minimum Gasteiger partial charge on any atom is -0.388 e. The van der Waals surface area contributed by atoms with Crippen molar-refractivity contribution < 1.29 is 9.84 Å². The van der Waals surface area contributed by atoms with Gasteiger partial charge in [-0.15, -0.1) is 0 Å². The summed E-state index contributed by atoms with van der Waals surface area (Å²) in [6.07, 6.45) is 4.77. The van der Waals surface area contributed by atoms with Crippen molar-refractivity contribution in [3.05, 3.63) is 35.4 Å². The highest BCUT2D eigenvalue weighted by molar-refractivity contribution is 5.25. The van der Waals surface area contributed by atoms with Crippen molar-refractivity contribution in [3.63, 3.8) is 0 Å². The molecule has 0 heterocycles. The number of methoxy groups -OCH3 is 1. The lowest BCUT2D eigenvalue weighted by atomic mass is 9.75. The Morgan fingerprint density at radius 1 is 1.21 bits per heavy atom. The van der Waals surface area contributed by atoms with Crippen molar-refractivity contribution in [1.29, 1.82) is 0 Å². The molecule has 1 aliphatic carbocycles. The van der Waals surface area contributed by atoms with E-state index < -0.39 is 6.10 Å². The lowest BCUT2D eigenvalue weighted by Gasteiger charge is -2.41. The lowest BCUT2D eigenvalue weighted by Crippen LogP contribution is -2.40. The fourth-order valence-electron chi connectivity index (χ4n) is 2.88. The molecule has 106 valence electrons. The number of hydrogen-bond acceptors (Lipinski definition) is 2. The molecule has 2 heteroatoms. The first kappa shape index (κ1) is 14.5. The number of benzene rings is 1. The first-order valence-electron chi connectivity index (χ1n) is 7.37. The molecular weight excluding hydrogens is 236 g/mol. The van der Waals surface area contributed by atoms with E-state index in [2.05, 4.69) is 38.1 Å². The Bertz CT molecular complexity index is 385. The van der Waals surface area contributed by atoms with Gasteiger partial charge < -0.3 is 9.84 Å². The van der Waals surface area contributed by atoms with Crippen LogP contribution in [-0.2, 0) is 11.2 Å². The van der Waals surface area contributed by atoms with Crippen molar-refractivity contribution in [3.8, 4) is 0 Å². The van der Waals surface area contributed by atoms with E-state index in [-0.39, 0.29) is 5.60 Å². The average molecular weight is 262 g/mol. The molecule has 0 amide bonds. The standard InChI is InChI=1S/C17H26O2/c1-13(2)11-14-5-7-15(8-6-14)16(18)12-17(19-3)9-4-10-17/h5-8,13,16,18H,4,9-12H2,1-3H3. The smallest absolute Gasteiger partial charge is 0.0817 e. The molecule has 2 rings (SSSR count). The topological polar surface area (TPSA) is 29.5 Å². The molecule has 0 bridgehead atoms. The van der Waals surface area contributed by atoms with Crippen LogP contribution >= 0.6 is 0 Å². The fraction of sp³-hybridized carbons (Fsp3) is 0.647. The normalized spacial score (nSPS) is 19.2. The summed E-state index contributed by atoms with van der Waals surface area (Å²) in [6, 6.07) is 8.40. The highest BCUT2D eigenvalue weighted by atomic mass is 16.5. The molecule has 0 saturated heterocycles. The van der Waals surface area contributed by atoms with Gasteiger partial charge in [-0.2, -0.15) is 0 Å². The van der Waals surface area contributed by atoms with Gasteiger partial charge in [0.05, 0.1) is 11.7 Å². The number of aliphatic hydroxyl groups is 1. The van der Waals surface area contributed by atoms with E-state index in [1.54, 1.807) is 7.11 Å². The maximum atomic E-state index is 10.3. The predicted molar refractivity (Wildman–Crippen MR) is 78.2 cm³/mol. The summed E-state index contributed by atoms with van der Waals surface area (Å²) in [5, 5.41) is 10.3. The van der Waals surface area contributed by atoms with E-state index in [1.807, 2.05) is 0 Å². The van der Waals surface area contributed by atoms with Crippen molar-refractivity contribution in [2.75, 3.05) is 7.11 Å². The predicted octanol–water partition coefficient (Wildman–Crippen LogP) is 3.88. The van der Waals surface area contributed by atoms with Gasteiger partial charge in [0.2, 0.25) is 0 Å². The summed E-state index contributed by atoms with van der Waals surface area (Å²) in [5.41, 5.74) is 2.28. The summed E-state index contributed by atoms with van der Waals surface area (Å²) in [7, 11) is 1.76. The molecule has 0 radical (unpaired) electrons. The van der Waals surface area contributed by atoms with Crippen LogP contribution in [0, 0.1) is 5.92 Å². The summed E-state index contributed by atoms with van der Waals surface area (Å²) >= 11 is 0. The van der Waals surface area contributed by atoms with Gasteiger partial charge in [-0.1, -0.05) is 38.1 Å². The van der Waals surface area contributed by atoms with E-state index in [0.29, 0.717) is 12.3 Å². The van der Waals surface area contributed by atoms with E-state index in [0.717, 1.165) is 24.8 Å². The quantitative estimate of drug-likeness (QED) is 0.843. The summed E-state index contributed by atoms with van der Waals surface area (Å²) in [4.78, 5) is 0. The maximum Gasteiger partial charge on any atom is 0.0817 e. The molecule has 1 N–H and O–H groups in total. The third kappa shape index (κ3) is 3.58. The largest absolute Gasteiger partial charge is 0.388 e. The van der Waals surface area contributed by atoms with E-state index in [1.165, 1.54) is 12.0 Å². The van der Waals surface area contributed by atoms with Crippen LogP contribution in [0.25, 0.3) is 0 Å². The molecule has 1 aliphatic rings. The zero-order valence-corrected chi connectivity index (χ0v) is 12.4. The molecule has 1 fully saturated rings. The second-order valence-corrected chi connectivity index (χ2v) is 6.30. The average Bonchev–Trinajstić information content (AvgIpc) is 2.34. The molecule has 1 saturated carbocycles. The maximum absolute atomic E-state index is 10.3. The summed E-state index contributed by atoms with van der Waals surface area (Å²) in [5.74, 6) is 0.669. The van der Waals surface area contributed by atoms with Gasteiger partial charge in [-0.25, -0.2) is 0 Å². The van der Waals surface area contributed by atoms with Crippen molar-refractivity contribution in [2.45, 2.75) is 57.7 Å². The van der Waals surface area contributed by atoms with E-state index >= 15 is 0 Å². The first-order valence-corrected chi connectivity index (χ1v) is 7.37. The highest BCUT2D eigenvalue weighted by Gasteiger charge is 2.38. The van der Waals surface area contributed by atoms with Crippen LogP contribution in [0.15, 0.2) is 24.3 Å². The van der Waals surface area contributed by atoms with Gasteiger partial charge in [0.25, 0.3) is 0 Å². The molecule has 1 atom stereocenters. The molecule has 1 aromatic rings. The number of rotatable bonds is 6. The molecule has 19 heavy (non-hydrogen) atoms. The monoisotopic (exact) mass is 262 g/mol. The Labute approximate surface area is 116 Å². The van der Waals surface area contributed by atoms with Crippen LogP contribution < -0.4 is 0 Å². The van der Waals surface area contributed by atoms with E-state index in [4.69, 9.17) is 4.74 Å². The molecule has 2 nitrogen and oxygen atoms in total. The second kappa shape index (κ2) is 6.06. The SMILES string of the molecule is COC1(CC(O)c2ccc(CC(C)C)cc2)CCC1. The lowest BCUT2D eigenvalue weighted by molar-refractivity contribution is -0.0999. The van der Waals surface area contributed by atoms with Gasteiger partial charge in [0.15, 0.2) is 0 Å². The summed E-state index contributed by atoms with van der Waals surface area (Å²) in [6.45, 7) is 4.45. The van der Waals surface area contributed by atoms with Gasteiger partial charge >= 0.3 is 0 Å². The van der Waals surface area contributed by atoms with Crippen molar-refractivity contribution in [2.24, 2.45) is 5.92 Å². The van der Waals surface area contributed by atoms with Gasteiger partial charge in [-0.3, -0.25) is 0 Å². The van der Waals surface area contributed by atoms with Gasteiger partial charge in [-0.05, 0) is 42.7 Å². The molecule has 0 spiro atoms. The van der Waals surface area contributed by atoms with Crippen LogP contribution in [-0.4, -0.2) is 17.8 Å². The number of hydrogen-bond donors (Lipinski definition) is 1. The van der Waals surface area contributed by atoms with Crippen LogP contribution in [0.4, 0.5) is 0 Å². The second-order valence-electron chi connectivity index (χ2n) is 6.30. The Morgan fingerprint density at radius 2 is 1.84 bits per heavy atom. The van der Waals surface area contributed by atoms with Crippen molar-refractivity contribution >= 4 is 0 Å². The number of aliphatic hydroxyl groups excluding tert-OH is 1. The minimum atomic E-state index is -0.409.